The fourth-order valence-corrected chi connectivity index (χ4v) is 8.07. The van der Waals surface area contributed by atoms with Crippen LogP contribution in [0.2, 0.25) is 0 Å². The number of hydrogen-bond donors (Lipinski definition) is 1. The second-order valence-corrected chi connectivity index (χ2v) is 15.3. The largest absolute Gasteiger partial charge is 0.416 e. The van der Waals surface area contributed by atoms with Gasteiger partial charge in [0.25, 0.3) is 0 Å². The predicted octanol–water partition coefficient (Wildman–Crippen LogP) is 5.45. The molecule has 0 aliphatic carbocycles. The van der Waals surface area contributed by atoms with E-state index in [0.29, 0.717) is 47.7 Å². The minimum absolute atomic E-state index is 0.00592. The Morgan fingerprint density at radius 3 is 2.14 bits per heavy atom. The third-order valence-electron chi connectivity index (χ3n) is 9.31. The number of hydrogen-bond acceptors (Lipinski definition) is 7. The molecule has 2 aliphatic heterocycles. The van der Waals surface area contributed by atoms with Crippen molar-refractivity contribution in [3.63, 3.8) is 0 Å². The average Bonchev–Trinajstić information content (AvgIpc) is 3.01. The Bertz CT molecular complexity index is 1830. The van der Waals surface area contributed by atoms with Crippen molar-refractivity contribution in [2.45, 2.75) is 50.6 Å². The Morgan fingerprint density at radius 2 is 1.57 bits per heavy atom. The molecule has 2 atom stereocenters. The topological polar surface area (TPSA) is 94.1 Å². The summed E-state index contributed by atoms with van der Waals surface area (Å²) in [6.45, 7) is 4.66. The average molecular weight is 717 g/mol. The van der Waals surface area contributed by atoms with Crippen LogP contribution in [0.4, 0.5) is 42.2 Å². The maximum absolute atomic E-state index is 14.2. The van der Waals surface area contributed by atoms with Gasteiger partial charge >= 0.3 is 12.4 Å². The van der Waals surface area contributed by atoms with E-state index in [4.69, 9.17) is 0 Å². The molecule has 0 spiro atoms. The summed E-state index contributed by atoms with van der Waals surface area (Å²) in [5.41, 5.74) is -4.17. The number of fused-ring (bicyclic) bond motifs is 1. The van der Waals surface area contributed by atoms with Gasteiger partial charge in [-0.3, -0.25) is 9.69 Å². The number of halogens is 7. The highest BCUT2D eigenvalue weighted by Crippen LogP contribution is 2.41. The van der Waals surface area contributed by atoms with Crippen LogP contribution in [-0.2, 0) is 32.4 Å². The SMILES string of the molecule is Cc1cc(F)ccc1-c1cc(N2C[C@H]3CS(=O)(=O)CCN3C[C@@H]2CO)ncc1N(C)C(=O)C(C)(C)c1cc(C(F)(F)F)cc(C(F)(F)F)c1. The molecule has 0 radical (unpaired) electrons. The third kappa shape index (κ3) is 7.41. The van der Waals surface area contributed by atoms with E-state index in [-0.39, 0.29) is 42.5 Å². The Balaban J connectivity index is 1.59. The molecule has 2 aromatic carbocycles. The molecule has 2 saturated heterocycles. The number of likely N-dealkylation sites (N-methyl/N-ethyl adjacent to an activating group) is 1. The third-order valence-corrected chi connectivity index (χ3v) is 11.0. The van der Waals surface area contributed by atoms with Crippen molar-refractivity contribution in [3.05, 3.63) is 76.7 Å². The van der Waals surface area contributed by atoms with E-state index in [0.717, 1.165) is 4.90 Å². The summed E-state index contributed by atoms with van der Waals surface area (Å²) in [4.78, 5) is 23.5. The van der Waals surface area contributed by atoms with E-state index in [2.05, 4.69) is 4.98 Å². The molecule has 3 heterocycles. The lowest BCUT2D eigenvalue weighted by atomic mass is 9.81. The number of benzene rings is 2. The molecule has 0 unspecified atom stereocenters. The number of alkyl halides is 6. The van der Waals surface area contributed by atoms with Crippen molar-refractivity contribution >= 4 is 27.2 Å². The molecule has 16 heteroatoms. The monoisotopic (exact) mass is 716 g/mol. The number of pyridine rings is 1. The summed E-state index contributed by atoms with van der Waals surface area (Å²) >= 11 is 0. The normalized spacial score (nSPS) is 20.2. The molecule has 2 fully saturated rings. The number of piperazine rings is 1. The summed E-state index contributed by atoms with van der Waals surface area (Å²) in [7, 11) is -1.98. The number of rotatable bonds is 6. The van der Waals surface area contributed by atoms with Crippen LogP contribution >= 0.6 is 0 Å². The standard InChI is InChI=1S/C33H35F7N4O4S/c1-19-9-23(34)5-6-26(19)27-13-29(44-16-25-18-49(47,48)8-7-43(25)15-24(44)17-45)41-14-28(27)42(4)30(46)31(2,3)20-10-21(32(35,36)37)12-22(11-20)33(38,39)40/h5-6,9-14,24-25,45H,7-8,15-18H2,1-4H3/t24-,25+/m1/s1. The minimum Gasteiger partial charge on any atom is -0.394 e. The van der Waals surface area contributed by atoms with Gasteiger partial charge in [0.15, 0.2) is 9.84 Å². The van der Waals surface area contributed by atoms with Gasteiger partial charge in [0.1, 0.15) is 11.6 Å². The maximum atomic E-state index is 14.2. The highest BCUT2D eigenvalue weighted by Gasteiger charge is 2.42. The molecule has 0 bridgehead atoms. The predicted molar refractivity (Wildman–Crippen MR) is 169 cm³/mol. The molecule has 266 valence electrons. The van der Waals surface area contributed by atoms with Gasteiger partial charge in [-0.05, 0) is 73.9 Å². The Hall–Kier alpha value is -3.76. The zero-order valence-electron chi connectivity index (χ0n) is 27.0. The van der Waals surface area contributed by atoms with Crippen LogP contribution < -0.4 is 9.80 Å². The van der Waals surface area contributed by atoms with Crippen LogP contribution in [0.3, 0.4) is 0 Å². The molecule has 1 aromatic heterocycles. The number of amides is 1. The Labute approximate surface area is 279 Å². The first-order valence-electron chi connectivity index (χ1n) is 15.3. The van der Waals surface area contributed by atoms with Crippen LogP contribution in [0.1, 0.15) is 36.1 Å². The van der Waals surface area contributed by atoms with Crippen molar-refractivity contribution in [3.8, 4) is 11.1 Å². The van der Waals surface area contributed by atoms with Crippen LogP contribution in [0.15, 0.2) is 48.7 Å². The van der Waals surface area contributed by atoms with Crippen LogP contribution in [0, 0.1) is 12.7 Å². The van der Waals surface area contributed by atoms with E-state index >= 15 is 0 Å². The van der Waals surface area contributed by atoms with Crippen LogP contribution in [0.5, 0.6) is 0 Å². The lowest BCUT2D eigenvalue weighted by Crippen LogP contribution is -2.64. The van der Waals surface area contributed by atoms with E-state index in [1.165, 1.54) is 45.3 Å². The molecule has 5 rings (SSSR count). The number of aliphatic hydroxyl groups is 1. The molecule has 8 nitrogen and oxygen atoms in total. The lowest BCUT2D eigenvalue weighted by molar-refractivity contribution is -0.143. The number of carbonyl (C=O) groups is 1. The molecular formula is C33H35F7N4O4S. The van der Waals surface area contributed by atoms with Gasteiger partial charge in [-0.15, -0.1) is 0 Å². The first-order chi connectivity index (χ1) is 22.6. The smallest absolute Gasteiger partial charge is 0.394 e. The highest BCUT2D eigenvalue weighted by molar-refractivity contribution is 7.91. The molecule has 3 aromatic rings. The fourth-order valence-electron chi connectivity index (χ4n) is 6.49. The summed E-state index contributed by atoms with van der Waals surface area (Å²) in [5.74, 6) is -1.15. The van der Waals surface area contributed by atoms with Crippen molar-refractivity contribution in [2.24, 2.45) is 0 Å². The van der Waals surface area contributed by atoms with E-state index in [1.807, 2.05) is 4.90 Å². The molecular weight excluding hydrogens is 681 g/mol. The van der Waals surface area contributed by atoms with Gasteiger partial charge in [-0.2, -0.15) is 26.3 Å². The van der Waals surface area contributed by atoms with E-state index in [1.54, 1.807) is 17.9 Å². The van der Waals surface area contributed by atoms with Crippen molar-refractivity contribution < 1.29 is 49.1 Å². The lowest BCUT2D eigenvalue weighted by Gasteiger charge is -2.48. The minimum atomic E-state index is -5.12. The van der Waals surface area contributed by atoms with E-state index in [9.17, 15) is 49.1 Å². The number of aromatic nitrogens is 1. The fraction of sp³-hybridized carbons (Fsp3) is 0.455. The summed E-state index contributed by atoms with van der Waals surface area (Å²) in [5, 5.41) is 10.3. The molecule has 1 N–H and O–H groups in total. The zero-order chi connectivity index (χ0) is 36.3. The second-order valence-electron chi connectivity index (χ2n) is 13.1. The van der Waals surface area contributed by atoms with Crippen molar-refractivity contribution in [1.29, 1.82) is 0 Å². The van der Waals surface area contributed by atoms with Crippen molar-refractivity contribution in [1.82, 2.24) is 9.88 Å². The number of sulfone groups is 1. The summed E-state index contributed by atoms with van der Waals surface area (Å²) in [6.07, 6.45) is -8.92. The van der Waals surface area contributed by atoms with Gasteiger partial charge in [0.05, 0.1) is 52.6 Å². The number of carbonyl (C=O) groups excluding carboxylic acids is 1. The number of anilines is 2. The summed E-state index contributed by atoms with van der Waals surface area (Å²) in [6, 6.07) is 5.70. The first-order valence-corrected chi connectivity index (χ1v) is 17.1. The van der Waals surface area contributed by atoms with Crippen LogP contribution in [0.25, 0.3) is 11.1 Å². The first kappa shape index (κ1) is 36.5. The maximum Gasteiger partial charge on any atom is 0.416 e. The zero-order valence-corrected chi connectivity index (χ0v) is 27.8. The summed E-state index contributed by atoms with van der Waals surface area (Å²) < 4.78 is 121. The Kier molecular flexibility index (Phi) is 9.57. The van der Waals surface area contributed by atoms with Gasteiger partial charge in [-0.25, -0.2) is 17.8 Å². The highest BCUT2D eigenvalue weighted by atomic mass is 32.2. The molecule has 0 saturated carbocycles. The number of aryl methyl sites for hydroxylation is 1. The van der Waals surface area contributed by atoms with Gasteiger partial charge in [0.2, 0.25) is 5.91 Å². The Morgan fingerprint density at radius 1 is 0.959 bits per heavy atom. The quantitative estimate of drug-likeness (QED) is 0.339. The van der Waals surface area contributed by atoms with Gasteiger partial charge < -0.3 is 14.9 Å². The van der Waals surface area contributed by atoms with Gasteiger partial charge in [-0.1, -0.05) is 6.07 Å². The molecule has 2 aliphatic rings. The van der Waals surface area contributed by atoms with Gasteiger partial charge in [0, 0.05) is 38.3 Å². The van der Waals surface area contributed by atoms with Crippen molar-refractivity contribution in [2.75, 3.05) is 54.6 Å². The second kappa shape index (κ2) is 12.8. The number of aliphatic hydroxyl groups excluding tert-OH is 1. The molecule has 49 heavy (non-hydrogen) atoms. The van der Waals surface area contributed by atoms with Crippen LogP contribution in [-0.4, -0.2) is 86.2 Å². The van der Waals surface area contributed by atoms with E-state index < -0.39 is 62.1 Å². The number of nitrogens with zero attached hydrogens (tertiary/aromatic N) is 4. The molecule has 1 amide bonds.